The van der Waals surface area contributed by atoms with E-state index in [1.807, 2.05) is 0 Å². The van der Waals surface area contributed by atoms with E-state index in [4.69, 9.17) is 0 Å². The largest absolute Gasteiger partial charge is 0.307 e. The summed E-state index contributed by atoms with van der Waals surface area (Å²) in [6.07, 6.45) is 0.442. The van der Waals surface area contributed by atoms with Crippen LogP contribution < -0.4 is 5.32 Å². The van der Waals surface area contributed by atoms with Crippen LogP contribution in [0.5, 0.6) is 0 Å². The zero-order valence-electron chi connectivity index (χ0n) is 12.8. The number of hydrogen-bond acceptors (Lipinski definition) is 4. The van der Waals surface area contributed by atoms with Gasteiger partial charge in [-0.1, -0.05) is 15.9 Å². The lowest BCUT2D eigenvalue weighted by atomic mass is 10.2. The number of hydrogen-bond donors (Lipinski definition) is 1. The third-order valence-corrected chi connectivity index (χ3v) is 6.07. The lowest BCUT2D eigenvalue weighted by Crippen LogP contribution is -2.20. The van der Waals surface area contributed by atoms with Crippen molar-refractivity contribution in [3.05, 3.63) is 45.8 Å². The molecule has 2 aromatic rings. The van der Waals surface area contributed by atoms with Crippen molar-refractivity contribution in [2.75, 3.05) is 16.8 Å². The molecule has 0 aliphatic carbocycles. The number of carbonyl (C=O) groups excluding carboxylic acids is 1. The highest BCUT2D eigenvalue weighted by Gasteiger charge is 2.31. The minimum Gasteiger partial charge on any atom is -0.307 e. The Balaban J connectivity index is 1.88. The van der Waals surface area contributed by atoms with Crippen molar-refractivity contribution < 1.29 is 17.6 Å². The minimum absolute atomic E-state index is 0.0117. The SMILES string of the molecule is Cc1cc(NC(=O)c2cc(Br)ccc2F)n(C2CCS(=O)(=O)C2)n1. The number of nitrogens with one attached hydrogen (secondary N) is 1. The highest BCUT2D eigenvalue weighted by molar-refractivity contribution is 9.10. The molecular formula is C15H15BrFN3O3S. The van der Waals surface area contributed by atoms with Crippen molar-refractivity contribution in [1.29, 1.82) is 0 Å². The van der Waals surface area contributed by atoms with Gasteiger partial charge in [0, 0.05) is 10.5 Å². The number of benzene rings is 1. The number of anilines is 1. The molecule has 0 spiro atoms. The molecule has 2 heterocycles. The fourth-order valence-electron chi connectivity index (χ4n) is 2.71. The predicted molar refractivity (Wildman–Crippen MR) is 91.3 cm³/mol. The predicted octanol–water partition coefficient (Wildman–Crippen LogP) is 2.71. The normalized spacial score (nSPS) is 19.4. The molecule has 1 saturated heterocycles. The quantitative estimate of drug-likeness (QED) is 0.835. The molecule has 1 atom stereocenters. The number of nitrogens with zero attached hydrogens (tertiary/aromatic N) is 2. The summed E-state index contributed by atoms with van der Waals surface area (Å²) in [7, 11) is -3.08. The van der Waals surface area contributed by atoms with E-state index in [9.17, 15) is 17.6 Å². The smallest absolute Gasteiger partial charge is 0.259 e. The van der Waals surface area contributed by atoms with Crippen LogP contribution in [0.15, 0.2) is 28.7 Å². The first kappa shape index (κ1) is 17.1. The molecule has 1 fully saturated rings. The lowest BCUT2D eigenvalue weighted by Gasteiger charge is -2.14. The van der Waals surface area contributed by atoms with E-state index < -0.39 is 21.6 Å². The van der Waals surface area contributed by atoms with Crippen LogP contribution in [-0.2, 0) is 9.84 Å². The summed E-state index contributed by atoms with van der Waals surface area (Å²) in [4.78, 5) is 12.4. The molecule has 128 valence electrons. The molecule has 0 bridgehead atoms. The maximum atomic E-state index is 13.8. The number of aryl methyl sites for hydroxylation is 1. The second kappa shape index (κ2) is 6.29. The average molecular weight is 416 g/mol. The number of carbonyl (C=O) groups is 1. The summed E-state index contributed by atoms with van der Waals surface area (Å²) in [6.45, 7) is 1.75. The number of sulfone groups is 1. The van der Waals surface area contributed by atoms with Gasteiger partial charge in [0.05, 0.1) is 28.8 Å². The second-order valence-corrected chi connectivity index (χ2v) is 8.90. The van der Waals surface area contributed by atoms with Gasteiger partial charge in [-0.15, -0.1) is 0 Å². The highest BCUT2D eigenvalue weighted by Crippen LogP contribution is 2.27. The molecule has 1 aromatic carbocycles. The Labute approximate surface area is 147 Å². The zero-order valence-corrected chi connectivity index (χ0v) is 15.2. The Morgan fingerprint density at radius 3 is 2.83 bits per heavy atom. The van der Waals surface area contributed by atoms with Crippen LogP contribution in [0, 0.1) is 12.7 Å². The van der Waals surface area contributed by atoms with Crippen molar-refractivity contribution in [3.8, 4) is 0 Å². The molecule has 0 radical (unpaired) electrons. The Bertz CT molecular complexity index is 911. The fraction of sp³-hybridized carbons (Fsp3) is 0.333. The number of amides is 1. The topological polar surface area (TPSA) is 81.1 Å². The van der Waals surface area contributed by atoms with Crippen LogP contribution >= 0.6 is 15.9 Å². The van der Waals surface area contributed by atoms with Crippen molar-refractivity contribution in [2.45, 2.75) is 19.4 Å². The lowest BCUT2D eigenvalue weighted by molar-refractivity contribution is 0.102. The molecule has 9 heteroatoms. The van der Waals surface area contributed by atoms with E-state index in [-0.39, 0.29) is 23.1 Å². The van der Waals surface area contributed by atoms with Crippen LogP contribution in [0.3, 0.4) is 0 Å². The third kappa shape index (κ3) is 3.51. The maximum Gasteiger partial charge on any atom is 0.259 e. The number of rotatable bonds is 3. The van der Waals surface area contributed by atoms with Crippen LogP contribution in [0.4, 0.5) is 10.2 Å². The standard InChI is InChI=1S/C15H15BrFN3O3S/c1-9-6-14(20(19-9)11-4-5-24(22,23)8-11)18-15(21)12-7-10(16)2-3-13(12)17/h2-3,6-7,11H,4-5,8H2,1H3,(H,18,21). The van der Waals surface area contributed by atoms with Gasteiger partial charge in [0.1, 0.15) is 11.6 Å². The van der Waals surface area contributed by atoms with Crippen LogP contribution in [-0.4, -0.2) is 35.6 Å². The Hall–Kier alpha value is -1.74. The second-order valence-electron chi connectivity index (χ2n) is 5.75. The molecule has 6 nitrogen and oxygen atoms in total. The van der Waals surface area contributed by atoms with Crippen molar-refractivity contribution in [3.63, 3.8) is 0 Å². The van der Waals surface area contributed by atoms with Gasteiger partial charge < -0.3 is 5.32 Å². The van der Waals surface area contributed by atoms with Crippen molar-refractivity contribution >= 4 is 37.5 Å². The Morgan fingerprint density at radius 1 is 1.42 bits per heavy atom. The summed E-state index contributed by atoms with van der Waals surface area (Å²) in [5, 5.41) is 6.91. The molecule has 1 aliphatic rings. The van der Waals surface area contributed by atoms with Gasteiger partial charge in [-0.05, 0) is 31.5 Å². The van der Waals surface area contributed by atoms with Crippen LogP contribution in [0.2, 0.25) is 0 Å². The molecular weight excluding hydrogens is 401 g/mol. The monoisotopic (exact) mass is 415 g/mol. The molecule has 1 aliphatic heterocycles. The fourth-order valence-corrected chi connectivity index (χ4v) is 4.76. The minimum atomic E-state index is -3.08. The number of aromatic nitrogens is 2. The van der Waals surface area contributed by atoms with E-state index in [0.717, 1.165) is 0 Å². The van der Waals surface area contributed by atoms with E-state index in [1.54, 1.807) is 13.0 Å². The molecule has 24 heavy (non-hydrogen) atoms. The third-order valence-electron chi connectivity index (χ3n) is 3.83. The first-order valence-electron chi connectivity index (χ1n) is 7.28. The van der Waals surface area contributed by atoms with Gasteiger partial charge in [-0.3, -0.25) is 4.79 Å². The van der Waals surface area contributed by atoms with E-state index in [1.165, 1.54) is 22.9 Å². The summed E-state index contributed by atoms with van der Waals surface area (Å²) < 4.78 is 39.3. The number of halogens is 2. The summed E-state index contributed by atoms with van der Waals surface area (Å²) in [6, 6.07) is 5.40. The summed E-state index contributed by atoms with van der Waals surface area (Å²) >= 11 is 3.20. The average Bonchev–Trinajstić information content (AvgIpc) is 3.03. The van der Waals surface area contributed by atoms with Gasteiger partial charge in [0.15, 0.2) is 9.84 Å². The van der Waals surface area contributed by atoms with Gasteiger partial charge in [-0.2, -0.15) is 5.10 Å². The van der Waals surface area contributed by atoms with Crippen molar-refractivity contribution in [1.82, 2.24) is 9.78 Å². The highest BCUT2D eigenvalue weighted by atomic mass is 79.9. The first-order valence-corrected chi connectivity index (χ1v) is 9.89. The molecule has 0 saturated carbocycles. The summed E-state index contributed by atoms with van der Waals surface area (Å²) in [5.74, 6) is -0.802. The molecule has 3 rings (SSSR count). The first-order chi connectivity index (χ1) is 11.2. The van der Waals surface area contributed by atoms with Gasteiger partial charge in [-0.25, -0.2) is 17.5 Å². The molecule has 1 unspecified atom stereocenters. The van der Waals surface area contributed by atoms with E-state index >= 15 is 0 Å². The van der Waals surface area contributed by atoms with Crippen molar-refractivity contribution in [2.24, 2.45) is 0 Å². The Morgan fingerprint density at radius 2 is 2.17 bits per heavy atom. The van der Waals surface area contributed by atoms with Gasteiger partial charge in [0.2, 0.25) is 0 Å². The zero-order chi connectivity index (χ0) is 17.5. The van der Waals surface area contributed by atoms with Crippen LogP contribution in [0.1, 0.15) is 28.5 Å². The van der Waals surface area contributed by atoms with Crippen LogP contribution in [0.25, 0.3) is 0 Å². The maximum absolute atomic E-state index is 13.8. The molecule has 1 aromatic heterocycles. The van der Waals surface area contributed by atoms with E-state index in [2.05, 4.69) is 26.3 Å². The Kier molecular flexibility index (Phi) is 4.48. The molecule has 1 amide bonds. The van der Waals surface area contributed by atoms with Gasteiger partial charge in [0.25, 0.3) is 5.91 Å². The summed E-state index contributed by atoms with van der Waals surface area (Å²) in [5.41, 5.74) is 0.540. The van der Waals surface area contributed by atoms with E-state index in [0.29, 0.717) is 22.4 Å². The molecule has 1 N–H and O–H groups in total. The van der Waals surface area contributed by atoms with Gasteiger partial charge >= 0.3 is 0 Å².